The third-order valence-electron chi connectivity index (χ3n) is 13.9. The summed E-state index contributed by atoms with van der Waals surface area (Å²) in [5.74, 6) is 0. The van der Waals surface area contributed by atoms with Crippen LogP contribution in [-0.4, -0.2) is 13.5 Å². The van der Waals surface area contributed by atoms with E-state index in [2.05, 4.69) is 226 Å². The lowest BCUT2D eigenvalue weighted by Gasteiger charge is -2.09. The fraction of sp³-hybridized carbons (Fsp3) is 0. The lowest BCUT2D eigenvalue weighted by atomic mass is 9.98. The van der Waals surface area contributed by atoms with Crippen molar-refractivity contribution in [2.45, 2.75) is 0 Å². The van der Waals surface area contributed by atoms with Crippen molar-refractivity contribution >= 4 is 104 Å². The van der Waals surface area contributed by atoms with Crippen molar-refractivity contribution in [3.05, 3.63) is 212 Å². The minimum absolute atomic E-state index is 0.876. The van der Waals surface area contributed by atoms with Crippen molar-refractivity contribution in [2.24, 2.45) is 0 Å². The van der Waals surface area contributed by atoms with Crippen LogP contribution in [0.5, 0.6) is 0 Å². The zero-order valence-corrected chi connectivity index (χ0v) is 34.5. The molecule has 0 unspecified atom stereocenters. The Morgan fingerprint density at radius 1 is 0.250 bits per heavy atom. The normalized spacial score (nSPS) is 12.4. The van der Waals surface area contributed by atoms with Gasteiger partial charge in [0.05, 0.1) is 38.6 Å². The van der Waals surface area contributed by atoms with E-state index >= 15 is 0 Å². The van der Waals surface area contributed by atoms with Crippen LogP contribution in [0.25, 0.3) is 137 Å². The van der Waals surface area contributed by atoms with Crippen LogP contribution in [0, 0.1) is 0 Å². The highest BCUT2D eigenvalue weighted by molar-refractivity contribution is 6.24. The molecular weight excluding hydrogens is 779 g/mol. The maximum atomic E-state index is 6.80. The fourth-order valence-corrected chi connectivity index (χ4v) is 11.1. The number of benzene rings is 10. The van der Waals surface area contributed by atoms with Crippen LogP contribution in [-0.2, 0) is 0 Å². The second kappa shape index (κ2) is 12.5. The lowest BCUT2D eigenvalue weighted by molar-refractivity contribution is 0.669. The first-order valence-corrected chi connectivity index (χ1v) is 22.0. The molecule has 0 atom stereocenters. The number of hydrogen-bond acceptors (Lipinski definition) is 1. The van der Waals surface area contributed by atoms with Gasteiger partial charge in [0.25, 0.3) is 0 Å². The maximum Gasteiger partial charge on any atom is 0.137 e. The Kier molecular flexibility index (Phi) is 6.65. The molecule has 4 nitrogen and oxygen atoms in total. The Bertz CT molecular complexity index is 4340. The van der Waals surface area contributed by atoms with E-state index in [-0.39, 0.29) is 0 Å². The number of hydrogen-bond donors (Lipinski definition) is 0. The smallest absolute Gasteiger partial charge is 0.137 e. The molecule has 0 saturated carbocycles. The summed E-state index contributed by atoms with van der Waals surface area (Å²) in [5.41, 5.74) is 17.3. The summed E-state index contributed by atoms with van der Waals surface area (Å²) < 4.78 is 14.0. The molecule has 0 aliphatic rings. The van der Waals surface area contributed by atoms with E-state index in [4.69, 9.17) is 4.42 Å². The van der Waals surface area contributed by atoms with Gasteiger partial charge in [0.1, 0.15) is 11.2 Å². The van der Waals surface area contributed by atoms with Crippen LogP contribution in [0.4, 0.5) is 0 Å². The third kappa shape index (κ3) is 4.56. The first-order valence-electron chi connectivity index (χ1n) is 22.0. The molecular formula is C60H35N3O. The Hall–Kier alpha value is -8.60. The topological polar surface area (TPSA) is 27.4 Å². The van der Waals surface area contributed by atoms with Gasteiger partial charge in [0, 0.05) is 71.3 Å². The summed E-state index contributed by atoms with van der Waals surface area (Å²) >= 11 is 0. The second-order valence-corrected chi connectivity index (χ2v) is 17.3. The molecule has 5 aromatic heterocycles. The zero-order valence-electron chi connectivity index (χ0n) is 34.5. The van der Waals surface area contributed by atoms with Crippen LogP contribution >= 0.6 is 0 Å². The van der Waals surface area contributed by atoms with E-state index < -0.39 is 0 Å². The molecule has 5 heterocycles. The van der Waals surface area contributed by atoms with E-state index in [1.807, 2.05) is 0 Å². The highest BCUT2D eigenvalue weighted by atomic mass is 16.3. The Balaban J connectivity index is 0.853. The molecule has 0 radical (unpaired) electrons. The molecule has 0 N–H and O–H groups in total. The minimum Gasteiger partial charge on any atom is -0.456 e. The van der Waals surface area contributed by atoms with Gasteiger partial charge in [-0.2, -0.15) is 0 Å². The van der Waals surface area contributed by atoms with Gasteiger partial charge in [-0.15, -0.1) is 0 Å². The van der Waals surface area contributed by atoms with Gasteiger partial charge in [0.2, 0.25) is 0 Å². The highest BCUT2D eigenvalue weighted by Crippen LogP contribution is 2.44. The van der Waals surface area contributed by atoms with Crippen LogP contribution in [0.3, 0.4) is 0 Å². The van der Waals surface area contributed by atoms with Gasteiger partial charge in [-0.3, -0.25) is 0 Å². The SMILES string of the molecule is c1ccc(-n2c3ccccc3c3cc(-c4ccc5c(c4)c4ccccc4n5-c4ccc5c(c4)oc4cc(-c6cc7c8ccccc8n8c9ccccc9c(c6)c78)ccc45)ccc32)cc1. The largest absolute Gasteiger partial charge is 0.456 e. The van der Waals surface area contributed by atoms with E-state index in [0.29, 0.717) is 0 Å². The molecule has 64 heavy (non-hydrogen) atoms. The fourth-order valence-electron chi connectivity index (χ4n) is 11.1. The van der Waals surface area contributed by atoms with Gasteiger partial charge in [0.15, 0.2) is 0 Å². The molecule has 0 bridgehead atoms. The standard InChI is InChI=1S/C60H35N3O/c1-2-12-40(13-3-1)61-52-18-8-4-14-42(52)48-30-36(23-28-56(48)61)37-24-29-57-49(31-37)43-15-5-9-19-53(43)62(57)41-25-27-47-46-26-22-38(34-58(46)64-59(47)35-41)39-32-50-44-16-6-10-20-54(44)63-55-21-11-7-17-45(55)51(33-39)60(50)63/h1-35H. The van der Waals surface area contributed by atoms with Gasteiger partial charge < -0.3 is 18.0 Å². The number of furan rings is 1. The molecule has 15 aromatic rings. The molecule has 0 aliphatic heterocycles. The van der Waals surface area contributed by atoms with Gasteiger partial charge in [-0.1, -0.05) is 109 Å². The number of rotatable bonds is 4. The van der Waals surface area contributed by atoms with Gasteiger partial charge in [-0.05, 0) is 119 Å². The molecule has 0 spiro atoms. The predicted octanol–water partition coefficient (Wildman–Crippen LogP) is 16.3. The Morgan fingerprint density at radius 2 is 0.672 bits per heavy atom. The highest BCUT2D eigenvalue weighted by Gasteiger charge is 2.21. The van der Waals surface area contributed by atoms with Crippen LogP contribution in [0.1, 0.15) is 0 Å². The van der Waals surface area contributed by atoms with Gasteiger partial charge >= 0.3 is 0 Å². The summed E-state index contributed by atoms with van der Waals surface area (Å²) in [6.07, 6.45) is 0. The first kappa shape index (κ1) is 34.0. The first-order chi connectivity index (χ1) is 31.7. The van der Waals surface area contributed by atoms with E-state index in [1.54, 1.807) is 0 Å². The zero-order chi connectivity index (χ0) is 41.6. The number of nitrogens with zero attached hydrogens (tertiary/aromatic N) is 3. The molecule has 4 heteroatoms. The van der Waals surface area contributed by atoms with Crippen molar-refractivity contribution < 1.29 is 4.42 Å². The summed E-state index contributed by atoms with van der Waals surface area (Å²) in [6, 6.07) is 77.6. The van der Waals surface area contributed by atoms with Crippen molar-refractivity contribution in [1.82, 2.24) is 13.5 Å². The maximum absolute atomic E-state index is 6.80. The van der Waals surface area contributed by atoms with Crippen molar-refractivity contribution in [2.75, 3.05) is 0 Å². The van der Waals surface area contributed by atoms with Crippen molar-refractivity contribution in [3.63, 3.8) is 0 Å². The molecule has 10 aromatic carbocycles. The monoisotopic (exact) mass is 813 g/mol. The lowest BCUT2D eigenvalue weighted by Crippen LogP contribution is -1.93. The Labute approximate surface area is 366 Å². The van der Waals surface area contributed by atoms with E-state index in [0.717, 1.165) is 38.7 Å². The average molecular weight is 814 g/mol. The summed E-state index contributed by atoms with van der Waals surface area (Å²) in [6.45, 7) is 0. The summed E-state index contributed by atoms with van der Waals surface area (Å²) in [5, 5.41) is 12.3. The molecule has 0 saturated heterocycles. The Morgan fingerprint density at radius 3 is 1.27 bits per heavy atom. The third-order valence-corrected chi connectivity index (χ3v) is 13.9. The summed E-state index contributed by atoms with van der Waals surface area (Å²) in [7, 11) is 0. The molecule has 296 valence electrons. The second-order valence-electron chi connectivity index (χ2n) is 17.3. The average Bonchev–Trinajstić information content (AvgIpc) is 4.15. The van der Waals surface area contributed by atoms with Crippen molar-refractivity contribution in [1.29, 1.82) is 0 Å². The van der Waals surface area contributed by atoms with E-state index in [1.165, 1.54) is 98.6 Å². The molecule has 0 aliphatic carbocycles. The predicted molar refractivity (Wildman–Crippen MR) is 268 cm³/mol. The van der Waals surface area contributed by atoms with Crippen LogP contribution < -0.4 is 0 Å². The van der Waals surface area contributed by atoms with E-state index in [9.17, 15) is 0 Å². The number of fused-ring (bicyclic) bond motifs is 15. The van der Waals surface area contributed by atoms with Crippen LogP contribution in [0.15, 0.2) is 217 Å². The number of para-hydroxylation sites is 5. The summed E-state index contributed by atoms with van der Waals surface area (Å²) in [4.78, 5) is 0. The van der Waals surface area contributed by atoms with Crippen LogP contribution in [0.2, 0.25) is 0 Å². The molecule has 0 fully saturated rings. The number of aromatic nitrogens is 3. The van der Waals surface area contributed by atoms with Gasteiger partial charge in [-0.25, -0.2) is 0 Å². The van der Waals surface area contributed by atoms with Crippen molar-refractivity contribution in [3.8, 4) is 33.6 Å². The molecule has 15 rings (SSSR count). The minimum atomic E-state index is 0.876. The quantitative estimate of drug-likeness (QED) is 0.174. The molecule has 0 amide bonds.